The number of carbonyl (C=O) groups is 2. The van der Waals surface area contributed by atoms with Crippen LogP contribution < -0.4 is 0 Å². The Morgan fingerprint density at radius 2 is 0.966 bits per heavy atom. The van der Waals surface area contributed by atoms with Crippen molar-refractivity contribution in [1.29, 1.82) is 0 Å². The van der Waals surface area contributed by atoms with Crippen molar-refractivity contribution in [3.05, 3.63) is 60.8 Å². The van der Waals surface area contributed by atoms with Gasteiger partial charge in [-0.25, -0.2) is 4.57 Å². The SMILES string of the molecule is CC/C=C\C/C=C\C/C=C\C/C=C\CCC(=O)OC(COC(=O)CCCCCCCCCCCCC/C=C\CCCCCCCCCC)COP(=O)(O)OCC(O)CO. The third-order valence-corrected chi connectivity index (χ3v) is 10.6. The molecule has 342 valence electrons. The van der Waals surface area contributed by atoms with Gasteiger partial charge in [-0.05, 0) is 64.2 Å². The largest absolute Gasteiger partial charge is 0.472 e. The maximum Gasteiger partial charge on any atom is 0.472 e. The predicted octanol–water partition coefficient (Wildman–Crippen LogP) is 12.7. The van der Waals surface area contributed by atoms with Crippen molar-refractivity contribution in [1.82, 2.24) is 0 Å². The molecule has 59 heavy (non-hydrogen) atoms. The second kappa shape index (κ2) is 43.7. The van der Waals surface area contributed by atoms with Crippen molar-refractivity contribution >= 4 is 19.8 Å². The van der Waals surface area contributed by atoms with E-state index in [-0.39, 0.29) is 19.4 Å². The van der Waals surface area contributed by atoms with Crippen LogP contribution in [-0.4, -0.2) is 65.7 Å². The first-order valence-electron chi connectivity index (χ1n) is 23.2. The van der Waals surface area contributed by atoms with Gasteiger partial charge in [0.1, 0.15) is 12.7 Å². The van der Waals surface area contributed by atoms with Crippen LogP contribution in [0.5, 0.6) is 0 Å². The van der Waals surface area contributed by atoms with Gasteiger partial charge in [0, 0.05) is 12.8 Å². The molecule has 0 aromatic carbocycles. The number of rotatable bonds is 43. The Bertz CT molecular complexity index is 1160. The summed E-state index contributed by atoms with van der Waals surface area (Å²) in [4.78, 5) is 35.0. The number of ether oxygens (including phenoxy) is 2. The van der Waals surface area contributed by atoms with Crippen molar-refractivity contribution < 1.29 is 47.8 Å². The fourth-order valence-corrected chi connectivity index (χ4v) is 6.91. The summed E-state index contributed by atoms with van der Waals surface area (Å²) in [6, 6.07) is 0. The van der Waals surface area contributed by atoms with Crippen LogP contribution in [0.15, 0.2) is 60.8 Å². The lowest BCUT2D eigenvalue weighted by Gasteiger charge is -2.20. The van der Waals surface area contributed by atoms with Gasteiger partial charge in [0.15, 0.2) is 6.10 Å². The molecule has 0 fully saturated rings. The number of phosphoric acid groups is 1. The molecule has 0 heterocycles. The Balaban J connectivity index is 4.22. The Morgan fingerprint density at radius 3 is 1.47 bits per heavy atom. The van der Waals surface area contributed by atoms with E-state index in [0.717, 1.165) is 44.9 Å². The smallest absolute Gasteiger partial charge is 0.462 e. The number of hydrogen-bond acceptors (Lipinski definition) is 9. The van der Waals surface area contributed by atoms with Gasteiger partial charge >= 0.3 is 19.8 Å². The second-order valence-corrected chi connectivity index (χ2v) is 16.8. The molecule has 0 spiro atoms. The van der Waals surface area contributed by atoms with Crippen LogP contribution in [-0.2, 0) is 32.7 Å². The normalized spacial score (nSPS) is 14.3. The van der Waals surface area contributed by atoms with E-state index in [9.17, 15) is 24.2 Å². The fourth-order valence-electron chi connectivity index (χ4n) is 6.12. The summed E-state index contributed by atoms with van der Waals surface area (Å²) in [5.41, 5.74) is 0. The zero-order chi connectivity index (χ0) is 43.3. The zero-order valence-electron chi connectivity index (χ0n) is 37.2. The number of hydrogen-bond donors (Lipinski definition) is 3. The van der Waals surface area contributed by atoms with E-state index in [4.69, 9.17) is 19.1 Å². The molecule has 0 radical (unpaired) electrons. The molecule has 0 aliphatic heterocycles. The molecule has 11 heteroatoms. The van der Waals surface area contributed by atoms with Crippen LogP contribution in [0.25, 0.3) is 0 Å². The quantitative estimate of drug-likeness (QED) is 0.0234. The van der Waals surface area contributed by atoms with E-state index in [1.807, 2.05) is 12.2 Å². The maximum atomic E-state index is 12.6. The zero-order valence-corrected chi connectivity index (χ0v) is 38.1. The Morgan fingerprint density at radius 1 is 0.525 bits per heavy atom. The lowest BCUT2D eigenvalue weighted by atomic mass is 10.0. The Labute approximate surface area is 359 Å². The molecular weight excluding hydrogens is 767 g/mol. The number of aliphatic hydroxyl groups is 2. The molecule has 0 aromatic heterocycles. The topological polar surface area (TPSA) is 149 Å². The van der Waals surface area contributed by atoms with E-state index in [2.05, 4.69) is 67.0 Å². The highest BCUT2D eigenvalue weighted by molar-refractivity contribution is 7.47. The summed E-state index contributed by atoms with van der Waals surface area (Å²) in [6.07, 6.45) is 49.3. The monoisotopic (exact) mass is 853 g/mol. The van der Waals surface area contributed by atoms with Gasteiger partial charge in [-0.2, -0.15) is 0 Å². The van der Waals surface area contributed by atoms with Crippen LogP contribution in [0.3, 0.4) is 0 Å². The van der Waals surface area contributed by atoms with E-state index in [1.54, 1.807) is 0 Å². The molecule has 0 aromatic rings. The van der Waals surface area contributed by atoms with Crippen molar-refractivity contribution in [3.8, 4) is 0 Å². The minimum Gasteiger partial charge on any atom is -0.462 e. The molecule has 0 bridgehead atoms. The molecule has 0 saturated carbocycles. The highest BCUT2D eigenvalue weighted by Crippen LogP contribution is 2.43. The maximum absolute atomic E-state index is 12.6. The standard InChI is InChI=1S/C48H85O10P/c1-3-5-7-9-11-13-15-17-18-19-20-21-22-23-24-25-26-28-29-31-33-35-37-39-47(51)55-43-46(44-57-59(53,54)56-42-45(50)41-49)58-48(52)40-38-36-34-32-30-27-16-14-12-10-8-6-4-2/h6,8,12,14,19-20,27,30,34,36,45-46,49-50H,3-5,7,9-11,13,15-18,21-26,28-29,31-33,35,37-44H2,1-2H3,(H,53,54)/b8-6-,14-12-,20-19-,30-27-,36-34-. The molecule has 0 amide bonds. The van der Waals surface area contributed by atoms with Crippen molar-refractivity contribution in [3.63, 3.8) is 0 Å². The molecule has 3 N–H and O–H groups in total. The average Bonchev–Trinajstić information content (AvgIpc) is 3.22. The summed E-state index contributed by atoms with van der Waals surface area (Å²) in [5.74, 6) is -1.02. The van der Waals surface area contributed by atoms with Gasteiger partial charge in [-0.1, -0.05) is 177 Å². The third-order valence-electron chi connectivity index (χ3n) is 9.67. The van der Waals surface area contributed by atoms with Crippen molar-refractivity contribution in [2.75, 3.05) is 26.4 Å². The first kappa shape index (κ1) is 56.7. The van der Waals surface area contributed by atoms with Crippen molar-refractivity contribution in [2.45, 2.75) is 206 Å². The number of allylic oxidation sites excluding steroid dienone is 10. The third kappa shape index (κ3) is 43.6. The number of esters is 2. The summed E-state index contributed by atoms with van der Waals surface area (Å²) < 4.78 is 32.6. The highest BCUT2D eigenvalue weighted by Gasteiger charge is 2.27. The van der Waals surface area contributed by atoms with Crippen LogP contribution >= 0.6 is 7.82 Å². The van der Waals surface area contributed by atoms with Crippen LogP contribution in [0.1, 0.15) is 194 Å². The molecular formula is C48H85O10P. The van der Waals surface area contributed by atoms with Gasteiger partial charge in [0.05, 0.1) is 19.8 Å². The predicted molar refractivity (Wildman–Crippen MR) is 242 cm³/mol. The molecule has 10 nitrogen and oxygen atoms in total. The van der Waals surface area contributed by atoms with Gasteiger partial charge in [-0.15, -0.1) is 0 Å². The summed E-state index contributed by atoms with van der Waals surface area (Å²) in [7, 11) is -4.64. The molecule has 0 saturated heterocycles. The molecule has 3 unspecified atom stereocenters. The first-order valence-corrected chi connectivity index (χ1v) is 24.7. The number of phosphoric ester groups is 1. The molecule has 0 rings (SSSR count). The number of unbranched alkanes of at least 4 members (excludes halogenated alkanes) is 19. The second-order valence-electron chi connectivity index (χ2n) is 15.4. The van der Waals surface area contributed by atoms with Crippen LogP contribution in [0.2, 0.25) is 0 Å². The van der Waals surface area contributed by atoms with Gasteiger partial charge in [0.2, 0.25) is 0 Å². The fraction of sp³-hybridized carbons (Fsp3) is 0.750. The lowest BCUT2D eigenvalue weighted by Crippen LogP contribution is -2.29. The Kier molecular flexibility index (Phi) is 42.0. The Hall–Kier alpha value is -2.33. The summed E-state index contributed by atoms with van der Waals surface area (Å²) in [5, 5.41) is 18.3. The van der Waals surface area contributed by atoms with Crippen molar-refractivity contribution in [2.24, 2.45) is 0 Å². The van der Waals surface area contributed by atoms with E-state index in [0.29, 0.717) is 12.8 Å². The molecule has 0 aliphatic rings. The molecule has 3 atom stereocenters. The lowest BCUT2D eigenvalue weighted by molar-refractivity contribution is -0.161. The number of carbonyl (C=O) groups excluding carboxylic acids is 2. The molecule has 0 aliphatic carbocycles. The number of aliphatic hydroxyl groups excluding tert-OH is 2. The van der Waals surface area contributed by atoms with Crippen LogP contribution in [0, 0.1) is 0 Å². The van der Waals surface area contributed by atoms with Gasteiger partial charge in [0.25, 0.3) is 0 Å². The van der Waals surface area contributed by atoms with E-state index in [1.165, 1.54) is 109 Å². The van der Waals surface area contributed by atoms with E-state index >= 15 is 0 Å². The average molecular weight is 853 g/mol. The van der Waals surface area contributed by atoms with Gasteiger partial charge < -0.3 is 24.6 Å². The van der Waals surface area contributed by atoms with Crippen LogP contribution in [0.4, 0.5) is 0 Å². The minimum absolute atomic E-state index is 0.0615. The summed E-state index contributed by atoms with van der Waals surface area (Å²) >= 11 is 0. The van der Waals surface area contributed by atoms with Gasteiger partial charge in [-0.3, -0.25) is 18.6 Å². The first-order chi connectivity index (χ1) is 28.7. The van der Waals surface area contributed by atoms with E-state index < -0.39 is 51.8 Å². The summed E-state index contributed by atoms with van der Waals surface area (Å²) in [6.45, 7) is 2.18. The minimum atomic E-state index is -4.64. The highest BCUT2D eigenvalue weighted by atomic mass is 31.2.